The molecule has 3 aromatic carbocycles. The van der Waals surface area contributed by atoms with Crippen LogP contribution in [-0.4, -0.2) is 15.9 Å². The van der Waals surface area contributed by atoms with E-state index in [1.807, 2.05) is 24.3 Å². The highest BCUT2D eigenvalue weighted by Gasteiger charge is 2.35. The van der Waals surface area contributed by atoms with Gasteiger partial charge in [-0.05, 0) is 52.4 Å². The Hall–Kier alpha value is -2.72. The van der Waals surface area contributed by atoms with E-state index in [9.17, 15) is 9.90 Å². The number of benzene rings is 3. The highest BCUT2D eigenvalue weighted by atomic mass is 79.9. The van der Waals surface area contributed by atoms with Crippen molar-refractivity contribution in [3.8, 4) is 17.0 Å². The average molecular weight is 446 g/mol. The van der Waals surface area contributed by atoms with Gasteiger partial charge in [0.05, 0.1) is 11.2 Å². The van der Waals surface area contributed by atoms with Crippen LogP contribution in [0.5, 0.6) is 5.75 Å². The van der Waals surface area contributed by atoms with Gasteiger partial charge < -0.3 is 5.11 Å². The molecular weight excluding hydrogens is 426 g/mol. The van der Waals surface area contributed by atoms with E-state index in [1.54, 1.807) is 12.1 Å². The van der Waals surface area contributed by atoms with Crippen LogP contribution in [0, 0.1) is 5.41 Å². The smallest absolute Gasteiger partial charge is 0.165 e. The van der Waals surface area contributed by atoms with Crippen molar-refractivity contribution < 1.29 is 9.90 Å². The van der Waals surface area contributed by atoms with Crippen molar-refractivity contribution in [2.45, 2.75) is 26.7 Å². The minimum Gasteiger partial charge on any atom is -0.507 e. The third-order valence-corrected chi connectivity index (χ3v) is 6.26. The van der Waals surface area contributed by atoms with E-state index >= 15 is 0 Å². The average Bonchev–Trinajstić information content (AvgIpc) is 2.67. The van der Waals surface area contributed by atoms with Gasteiger partial charge >= 0.3 is 0 Å². The SMILES string of the molecule is CC1(C)CC(=O)c2c(-c3cc(Br)ccc3O)nc3ccc4ccccc4c3c2C1. The van der Waals surface area contributed by atoms with E-state index in [4.69, 9.17) is 4.98 Å². The van der Waals surface area contributed by atoms with E-state index in [0.29, 0.717) is 23.2 Å². The molecule has 4 aromatic rings. The molecule has 3 nitrogen and oxygen atoms in total. The number of nitrogens with zero attached hydrogens (tertiary/aromatic N) is 1. The molecule has 0 unspecified atom stereocenters. The first-order valence-electron chi connectivity index (χ1n) is 9.70. The molecular formula is C25H20BrNO2. The molecule has 1 aliphatic rings. The first-order valence-corrected chi connectivity index (χ1v) is 10.5. The predicted molar refractivity (Wildman–Crippen MR) is 120 cm³/mol. The first-order chi connectivity index (χ1) is 13.8. The summed E-state index contributed by atoms with van der Waals surface area (Å²) in [5, 5.41) is 13.9. The van der Waals surface area contributed by atoms with Gasteiger partial charge in [-0.1, -0.05) is 60.1 Å². The van der Waals surface area contributed by atoms with Crippen molar-refractivity contribution >= 4 is 43.4 Å². The zero-order valence-electron chi connectivity index (χ0n) is 16.3. The molecule has 29 heavy (non-hydrogen) atoms. The van der Waals surface area contributed by atoms with Crippen molar-refractivity contribution in [1.29, 1.82) is 0 Å². The van der Waals surface area contributed by atoms with Crippen molar-refractivity contribution in [3.63, 3.8) is 0 Å². The summed E-state index contributed by atoms with van der Waals surface area (Å²) in [5.74, 6) is 0.216. The van der Waals surface area contributed by atoms with Crippen molar-refractivity contribution in [2.24, 2.45) is 5.41 Å². The monoisotopic (exact) mass is 445 g/mol. The fourth-order valence-corrected chi connectivity index (χ4v) is 4.91. The van der Waals surface area contributed by atoms with Crippen LogP contribution in [0.2, 0.25) is 0 Å². The lowest BCUT2D eigenvalue weighted by molar-refractivity contribution is 0.0913. The fraction of sp³-hybridized carbons (Fsp3) is 0.200. The number of phenolic OH excluding ortho intramolecular Hbond substituents is 1. The fourth-order valence-electron chi connectivity index (χ4n) is 4.55. The third-order valence-electron chi connectivity index (χ3n) is 5.77. The molecule has 4 heteroatoms. The minimum atomic E-state index is -0.119. The van der Waals surface area contributed by atoms with Gasteiger partial charge in [-0.15, -0.1) is 0 Å². The quantitative estimate of drug-likeness (QED) is 0.332. The van der Waals surface area contributed by atoms with Crippen LogP contribution in [-0.2, 0) is 6.42 Å². The van der Waals surface area contributed by atoms with Crippen LogP contribution < -0.4 is 0 Å². The zero-order chi connectivity index (χ0) is 20.3. The number of rotatable bonds is 1. The summed E-state index contributed by atoms with van der Waals surface area (Å²) in [6, 6.07) is 17.6. The highest BCUT2D eigenvalue weighted by molar-refractivity contribution is 9.10. The van der Waals surface area contributed by atoms with Crippen LogP contribution in [0.15, 0.2) is 59.1 Å². The number of Topliss-reactive ketones (excluding diaryl/α,β-unsaturated/α-hetero) is 1. The maximum Gasteiger partial charge on any atom is 0.165 e. The Labute approximate surface area is 177 Å². The Bertz CT molecular complexity index is 1320. The molecule has 0 fully saturated rings. The largest absolute Gasteiger partial charge is 0.507 e. The molecule has 0 spiro atoms. The Morgan fingerprint density at radius 2 is 1.83 bits per heavy atom. The zero-order valence-corrected chi connectivity index (χ0v) is 17.9. The van der Waals surface area contributed by atoms with Crippen LogP contribution in [0.4, 0.5) is 0 Å². The van der Waals surface area contributed by atoms with Gasteiger partial charge in [0.1, 0.15) is 5.75 Å². The van der Waals surface area contributed by atoms with E-state index in [1.165, 1.54) is 0 Å². The standard InChI is InChI=1S/C25H20BrNO2/c1-25(2)12-18-22-16-6-4-3-5-14(16)7-9-19(22)27-24(23(18)21(29)13-25)17-11-15(26)8-10-20(17)28/h3-11,28H,12-13H2,1-2H3. The number of carbonyl (C=O) groups is 1. The third kappa shape index (κ3) is 2.94. The van der Waals surface area contributed by atoms with Gasteiger partial charge in [-0.25, -0.2) is 4.98 Å². The second-order valence-electron chi connectivity index (χ2n) is 8.60. The highest BCUT2D eigenvalue weighted by Crippen LogP contribution is 2.44. The normalized spacial score (nSPS) is 15.6. The number of fused-ring (bicyclic) bond motifs is 5. The Kier molecular flexibility index (Phi) is 4.04. The molecule has 0 saturated carbocycles. The van der Waals surface area contributed by atoms with Gasteiger partial charge in [-0.2, -0.15) is 0 Å². The van der Waals surface area contributed by atoms with Crippen molar-refractivity contribution in [2.75, 3.05) is 0 Å². The van der Waals surface area contributed by atoms with Gasteiger partial charge in [0.2, 0.25) is 0 Å². The van der Waals surface area contributed by atoms with Crippen LogP contribution >= 0.6 is 15.9 Å². The van der Waals surface area contributed by atoms with Gasteiger partial charge in [-0.3, -0.25) is 4.79 Å². The number of hydrogen-bond acceptors (Lipinski definition) is 3. The maximum atomic E-state index is 13.3. The van der Waals surface area contributed by atoms with E-state index < -0.39 is 0 Å². The number of halogens is 1. The molecule has 144 valence electrons. The van der Waals surface area contributed by atoms with E-state index in [0.717, 1.165) is 38.1 Å². The lowest BCUT2D eigenvalue weighted by Crippen LogP contribution is -2.28. The van der Waals surface area contributed by atoms with Crippen molar-refractivity contribution in [1.82, 2.24) is 4.98 Å². The van der Waals surface area contributed by atoms with Gasteiger partial charge in [0.15, 0.2) is 5.78 Å². The molecule has 0 aliphatic heterocycles. The van der Waals surface area contributed by atoms with E-state index in [-0.39, 0.29) is 16.9 Å². The number of aromatic nitrogens is 1. The summed E-state index contributed by atoms with van der Waals surface area (Å²) in [4.78, 5) is 18.2. The van der Waals surface area contributed by atoms with Gasteiger partial charge in [0.25, 0.3) is 0 Å². The summed E-state index contributed by atoms with van der Waals surface area (Å²) in [7, 11) is 0. The Morgan fingerprint density at radius 3 is 2.66 bits per heavy atom. The topological polar surface area (TPSA) is 50.2 Å². The van der Waals surface area contributed by atoms with Crippen LogP contribution in [0.1, 0.15) is 36.2 Å². The molecule has 1 N–H and O–H groups in total. The van der Waals surface area contributed by atoms with E-state index in [2.05, 4.69) is 48.0 Å². The molecule has 1 heterocycles. The summed E-state index contributed by atoms with van der Waals surface area (Å²) in [6.45, 7) is 4.28. The lowest BCUT2D eigenvalue weighted by Gasteiger charge is -2.32. The summed E-state index contributed by atoms with van der Waals surface area (Å²) >= 11 is 3.48. The molecule has 0 amide bonds. The Balaban J connectivity index is 1.97. The molecule has 5 rings (SSSR count). The summed E-state index contributed by atoms with van der Waals surface area (Å²) in [6.07, 6.45) is 1.27. The molecule has 1 aliphatic carbocycles. The van der Waals surface area contributed by atoms with Crippen LogP contribution in [0.25, 0.3) is 32.9 Å². The molecule has 1 aromatic heterocycles. The molecule has 0 radical (unpaired) electrons. The minimum absolute atomic E-state index is 0.0907. The summed E-state index contributed by atoms with van der Waals surface area (Å²) < 4.78 is 0.836. The molecule has 0 atom stereocenters. The number of carbonyl (C=O) groups excluding carboxylic acids is 1. The second-order valence-corrected chi connectivity index (χ2v) is 9.51. The lowest BCUT2D eigenvalue weighted by atomic mass is 9.71. The number of pyridine rings is 1. The molecule has 0 bridgehead atoms. The molecule has 0 saturated heterocycles. The second kappa shape index (κ2) is 6.39. The first kappa shape index (κ1) is 18.3. The Morgan fingerprint density at radius 1 is 1.03 bits per heavy atom. The predicted octanol–water partition coefficient (Wildman–Crippen LogP) is 6.68. The maximum absolute atomic E-state index is 13.3. The summed E-state index contributed by atoms with van der Waals surface area (Å²) in [5.41, 5.74) is 3.58. The number of aromatic hydroxyl groups is 1. The van der Waals surface area contributed by atoms with Crippen molar-refractivity contribution in [3.05, 3.63) is 70.2 Å². The number of ketones is 1. The van der Waals surface area contributed by atoms with Crippen LogP contribution in [0.3, 0.4) is 0 Å². The van der Waals surface area contributed by atoms with Gasteiger partial charge in [0, 0.05) is 27.4 Å². The number of hydrogen-bond donors (Lipinski definition) is 1. The number of phenols is 1.